The number of rotatable bonds is 1. The summed E-state index contributed by atoms with van der Waals surface area (Å²) in [5.74, 6) is 1.00. The summed E-state index contributed by atoms with van der Waals surface area (Å²) in [4.78, 5) is 5.26. The molecule has 2 heterocycles. The Kier molecular flexibility index (Phi) is 1.66. The van der Waals surface area contributed by atoms with Crippen LogP contribution in [0.1, 0.15) is 0 Å². The van der Waals surface area contributed by atoms with Gasteiger partial charge in [-0.3, -0.25) is 0 Å². The molecule has 0 unspecified atom stereocenters. The van der Waals surface area contributed by atoms with Crippen molar-refractivity contribution >= 4 is 5.82 Å². The predicted molar refractivity (Wildman–Crippen MR) is 46.4 cm³/mol. The van der Waals surface area contributed by atoms with Crippen LogP contribution in [-0.4, -0.2) is 25.2 Å². The Labute approximate surface area is 74.4 Å². The summed E-state index contributed by atoms with van der Waals surface area (Å²) in [7, 11) is 1.71. The number of nitrogens with zero attached hydrogens (tertiary/aromatic N) is 5. The number of hydrogen-bond donors (Lipinski definition) is 1. The lowest BCUT2D eigenvalue weighted by Crippen LogP contribution is -1.92. The molecule has 0 amide bonds. The van der Waals surface area contributed by atoms with Gasteiger partial charge < -0.3 is 5.73 Å². The van der Waals surface area contributed by atoms with Crippen molar-refractivity contribution in [2.45, 2.75) is 0 Å². The first-order chi connectivity index (χ1) is 6.25. The van der Waals surface area contributed by atoms with Crippen molar-refractivity contribution in [3.05, 3.63) is 18.3 Å². The van der Waals surface area contributed by atoms with E-state index in [0.29, 0.717) is 11.6 Å². The highest BCUT2D eigenvalue weighted by molar-refractivity contribution is 5.57. The quantitative estimate of drug-likeness (QED) is 0.653. The van der Waals surface area contributed by atoms with Gasteiger partial charge in [-0.1, -0.05) is 0 Å². The number of tetrazole rings is 1. The number of hydrogen-bond acceptors (Lipinski definition) is 5. The Bertz CT molecular complexity index is 420. The van der Waals surface area contributed by atoms with Gasteiger partial charge in [-0.05, 0) is 17.3 Å². The van der Waals surface area contributed by atoms with Gasteiger partial charge in [-0.15, -0.1) is 10.2 Å². The molecule has 0 fully saturated rings. The lowest BCUT2D eigenvalue weighted by atomic mass is 10.2. The maximum atomic E-state index is 5.51. The fourth-order valence-electron chi connectivity index (χ4n) is 0.987. The number of nitrogen functional groups attached to an aromatic ring is 1. The minimum Gasteiger partial charge on any atom is -0.384 e. The van der Waals surface area contributed by atoms with Crippen molar-refractivity contribution in [3.63, 3.8) is 0 Å². The minimum atomic E-state index is 0.449. The second-order valence-corrected chi connectivity index (χ2v) is 2.57. The number of nitrogens with two attached hydrogens (primary N) is 1. The summed E-state index contributed by atoms with van der Waals surface area (Å²) in [6.07, 6.45) is 1.61. The van der Waals surface area contributed by atoms with Gasteiger partial charge in [-0.25, -0.2) is 4.98 Å². The monoisotopic (exact) mass is 176 g/mol. The van der Waals surface area contributed by atoms with E-state index in [0.717, 1.165) is 5.56 Å². The molecule has 0 saturated carbocycles. The third kappa shape index (κ3) is 1.46. The van der Waals surface area contributed by atoms with E-state index in [1.807, 2.05) is 0 Å². The Morgan fingerprint density at radius 3 is 2.92 bits per heavy atom. The van der Waals surface area contributed by atoms with Gasteiger partial charge in [0.15, 0.2) is 0 Å². The molecule has 13 heavy (non-hydrogen) atoms. The maximum Gasteiger partial charge on any atom is 0.205 e. The normalized spacial score (nSPS) is 10.2. The van der Waals surface area contributed by atoms with E-state index in [1.54, 1.807) is 25.4 Å². The predicted octanol–water partition coefficient (Wildman–Crippen LogP) is -0.146. The summed E-state index contributed by atoms with van der Waals surface area (Å²) in [6, 6.07) is 3.49. The summed E-state index contributed by atoms with van der Waals surface area (Å²) >= 11 is 0. The van der Waals surface area contributed by atoms with Gasteiger partial charge >= 0.3 is 0 Å². The van der Waals surface area contributed by atoms with E-state index >= 15 is 0 Å². The number of aryl methyl sites for hydroxylation is 1. The molecule has 2 aromatic rings. The van der Waals surface area contributed by atoms with Crippen LogP contribution in [0, 0.1) is 0 Å². The van der Waals surface area contributed by atoms with Crippen LogP contribution in [0.3, 0.4) is 0 Å². The zero-order valence-electron chi connectivity index (χ0n) is 7.05. The second kappa shape index (κ2) is 2.81. The van der Waals surface area contributed by atoms with E-state index < -0.39 is 0 Å². The van der Waals surface area contributed by atoms with Crippen LogP contribution < -0.4 is 5.73 Å². The molecule has 0 bridgehead atoms. The molecule has 2 aromatic heterocycles. The van der Waals surface area contributed by atoms with Crippen molar-refractivity contribution < 1.29 is 0 Å². The van der Waals surface area contributed by atoms with Crippen LogP contribution in [0.5, 0.6) is 0 Å². The van der Waals surface area contributed by atoms with E-state index in [-0.39, 0.29) is 0 Å². The van der Waals surface area contributed by atoms with Gasteiger partial charge in [0.25, 0.3) is 0 Å². The smallest absolute Gasteiger partial charge is 0.205 e. The van der Waals surface area contributed by atoms with Crippen molar-refractivity contribution in [1.82, 2.24) is 25.2 Å². The van der Waals surface area contributed by atoms with E-state index in [1.165, 1.54) is 4.80 Å². The molecule has 66 valence electrons. The molecule has 2 rings (SSSR count). The molecule has 6 heteroatoms. The fourth-order valence-corrected chi connectivity index (χ4v) is 0.987. The molecule has 0 atom stereocenters. The summed E-state index contributed by atoms with van der Waals surface area (Å²) in [5.41, 5.74) is 6.33. The first-order valence-electron chi connectivity index (χ1n) is 3.71. The van der Waals surface area contributed by atoms with Crippen molar-refractivity contribution in [2.75, 3.05) is 5.73 Å². The molecular formula is C7H8N6. The summed E-state index contributed by atoms with van der Waals surface area (Å²) in [5, 5.41) is 11.6. The van der Waals surface area contributed by atoms with Crippen molar-refractivity contribution in [1.29, 1.82) is 0 Å². The molecule has 0 radical (unpaired) electrons. The average Bonchev–Trinajstić information content (AvgIpc) is 2.52. The fraction of sp³-hybridized carbons (Fsp3) is 0.143. The maximum absolute atomic E-state index is 5.51. The van der Waals surface area contributed by atoms with Gasteiger partial charge in [0.1, 0.15) is 5.82 Å². The number of pyridine rings is 1. The lowest BCUT2D eigenvalue weighted by Gasteiger charge is -1.94. The summed E-state index contributed by atoms with van der Waals surface area (Å²) < 4.78 is 0. The van der Waals surface area contributed by atoms with Crippen LogP contribution >= 0.6 is 0 Å². The lowest BCUT2D eigenvalue weighted by molar-refractivity contribution is 0.630. The molecule has 0 aliphatic carbocycles. The van der Waals surface area contributed by atoms with Crippen LogP contribution in [0.2, 0.25) is 0 Å². The third-order valence-electron chi connectivity index (χ3n) is 1.55. The number of aromatic nitrogens is 5. The second-order valence-electron chi connectivity index (χ2n) is 2.57. The number of anilines is 1. The zero-order chi connectivity index (χ0) is 9.26. The first kappa shape index (κ1) is 7.66. The van der Waals surface area contributed by atoms with Crippen molar-refractivity contribution in [2.24, 2.45) is 7.05 Å². The van der Waals surface area contributed by atoms with Gasteiger partial charge in [-0.2, -0.15) is 4.80 Å². The first-order valence-corrected chi connectivity index (χ1v) is 3.71. The van der Waals surface area contributed by atoms with E-state index in [9.17, 15) is 0 Å². The largest absolute Gasteiger partial charge is 0.384 e. The van der Waals surface area contributed by atoms with Gasteiger partial charge in [0, 0.05) is 11.8 Å². The Balaban J connectivity index is 2.46. The van der Waals surface area contributed by atoms with Crippen LogP contribution in [-0.2, 0) is 7.05 Å². The van der Waals surface area contributed by atoms with Crippen molar-refractivity contribution in [3.8, 4) is 11.4 Å². The highest BCUT2D eigenvalue weighted by atomic mass is 15.6. The Morgan fingerprint density at radius 2 is 2.31 bits per heavy atom. The van der Waals surface area contributed by atoms with Gasteiger partial charge in [0.05, 0.1) is 7.05 Å². The molecule has 0 saturated heterocycles. The van der Waals surface area contributed by atoms with Crippen LogP contribution in [0.4, 0.5) is 5.82 Å². The van der Waals surface area contributed by atoms with Gasteiger partial charge in [0.2, 0.25) is 5.82 Å². The van der Waals surface area contributed by atoms with E-state index in [2.05, 4.69) is 20.4 Å². The highest BCUT2D eigenvalue weighted by Gasteiger charge is 2.03. The molecule has 0 spiro atoms. The average molecular weight is 176 g/mol. The molecule has 0 aliphatic heterocycles. The third-order valence-corrected chi connectivity index (χ3v) is 1.55. The van der Waals surface area contributed by atoms with Crippen LogP contribution in [0.15, 0.2) is 18.3 Å². The molecular weight excluding hydrogens is 168 g/mol. The van der Waals surface area contributed by atoms with E-state index in [4.69, 9.17) is 5.73 Å². The molecule has 0 aromatic carbocycles. The SMILES string of the molecule is Cn1nnc(-c2ccnc(N)c2)n1. The van der Waals surface area contributed by atoms with Crippen LogP contribution in [0.25, 0.3) is 11.4 Å². The Hall–Kier alpha value is -1.98. The minimum absolute atomic E-state index is 0.449. The molecule has 2 N–H and O–H groups in total. The Morgan fingerprint density at radius 1 is 1.46 bits per heavy atom. The standard InChI is InChI=1S/C7H8N6/c1-13-11-7(10-12-13)5-2-3-9-6(8)4-5/h2-4H,1H3,(H2,8,9). The molecule has 6 nitrogen and oxygen atoms in total. The summed E-state index contributed by atoms with van der Waals surface area (Å²) in [6.45, 7) is 0. The zero-order valence-corrected chi connectivity index (χ0v) is 7.05. The highest BCUT2D eigenvalue weighted by Crippen LogP contribution is 2.13. The topological polar surface area (TPSA) is 82.5 Å². The molecule has 0 aliphatic rings.